The molecular formula is C24H23N3O4S3. The number of amides is 1. The standard InChI is InChI=1S/C24H23N3O4S3/c1-31-19-8-9-20-21(15-19)33-24(26-20)17-4-6-18(7-5-17)25-23(28)16-10-12-27(13-11-16)34(29,30)22-3-2-14-32-22/h2-9,14-16H,10-13H2,1H3,(H,25,28). The van der Waals surface area contributed by atoms with Crippen LogP contribution in [0.15, 0.2) is 64.2 Å². The van der Waals surface area contributed by atoms with E-state index in [1.807, 2.05) is 42.5 Å². The van der Waals surface area contributed by atoms with E-state index in [1.54, 1.807) is 36.0 Å². The molecule has 1 aliphatic heterocycles. The summed E-state index contributed by atoms with van der Waals surface area (Å²) >= 11 is 2.81. The highest BCUT2D eigenvalue weighted by Crippen LogP contribution is 2.33. The Hall–Kier alpha value is -2.79. The minimum Gasteiger partial charge on any atom is -0.497 e. The summed E-state index contributed by atoms with van der Waals surface area (Å²) in [5.74, 6) is 0.512. The van der Waals surface area contributed by atoms with E-state index in [2.05, 4.69) is 5.32 Å². The molecule has 4 aromatic rings. The maximum atomic E-state index is 12.8. The fourth-order valence-corrected chi connectivity index (χ4v) is 7.61. The highest BCUT2D eigenvalue weighted by Gasteiger charge is 2.32. The molecule has 3 heterocycles. The molecule has 0 unspecified atom stereocenters. The van der Waals surface area contributed by atoms with Gasteiger partial charge in [0.2, 0.25) is 5.91 Å². The van der Waals surface area contributed by atoms with E-state index in [0.717, 1.165) is 26.5 Å². The van der Waals surface area contributed by atoms with Crippen molar-refractivity contribution in [1.82, 2.24) is 9.29 Å². The Morgan fingerprint density at radius 1 is 1.12 bits per heavy atom. The summed E-state index contributed by atoms with van der Waals surface area (Å²) in [5.41, 5.74) is 2.61. The summed E-state index contributed by atoms with van der Waals surface area (Å²) < 4.78 is 33.5. The second-order valence-electron chi connectivity index (χ2n) is 8.03. The number of fused-ring (bicyclic) bond motifs is 1. The van der Waals surface area contributed by atoms with Crippen molar-refractivity contribution >= 4 is 54.5 Å². The van der Waals surface area contributed by atoms with Gasteiger partial charge in [-0.05, 0) is 66.8 Å². The van der Waals surface area contributed by atoms with Gasteiger partial charge in [-0.3, -0.25) is 4.79 Å². The first kappa shape index (κ1) is 23.0. The van der Waals surface area contributed by atoms with E-state index in [0.29, 0.717) is 35.8 Å². The molecule has 0 bridgehead atoms. The van der Waals surface area contributed by atoms with Crippen molar-refractivity contribution in [2.75, 3.05) is 25.5 Å². The van der Waals surface area contributed by atoms with Gasteiger partial charge in [-0.25, -0.2) is 13.4 Å². The maximum absolute atomic E-state index is 12.8. The summed E-state index contributed by atoms with van der Waals surface area (Å²) in [5, 5.41) is 5.63. The molecule has 0 spiro atoms. The van der Waals surface area contributed by atoms with E-state index in [1.165, 1.54) is 15.6 Å². The molecule has 7 nitrogen and oxygen atoms in total. The number of ether oxygens (including phenoxy) is 1. The summed E-state index contributed by atoms with van der Waals surface area (Å²) in [7, 11) is -1.82. The summed E-state index contributed by atoms with van der Waals surface area (Å²) in [6.45, 7) is 0.694. The molecule has 1 saturated heterocycles. The van der Waals surface area contributed by atoms with E-state index in [-0.39, 0.29) is 11.8 Å². The third-order valence-electron chi connectivity index (χ3n) is 5.91. The van der Waals surface area contributed by atoms with Crippen molar-refractivity contribution in [2.24, 2.45) is 5.92 Å². The minimum atomic E-state index is -3.46. The van der Waals surface area contributed by atoms with Gasteiger partial charge in [-0.15, -0.1) is 22.7 Å². The molecule has 1 amide bonds. The molecule has 1 N–H and O–H groups in total. The van der Waals surface area contributed by atoms with Crippen LogP contribution in [0.4, 0.5) is 5.69 Å². The van der Waals surface area contributed by atoms with E-state index in [4.69, 9.17) is 9.72 Å². The number of benzene rings is 2. The fraction of sp³-hybridized carbons (Fsp3) is 0.250. The van der Waals surface area contributed by atoms with Crippen LogP contribution < -0.4 is 10.1 Å². The number of thiophene rings is 1. The number of carbonyl (C=O) groups excluding carboxylic acids is 1. The van der Waals surface area contributed by atoms with Crippen LogP contribution in [0.1, 0.15) is 12.8 Å². The lowest BCUT2D eigenvalue weighted by molar-refractivity contribution is -0.120. The van der Waals surface area contributed by atoms with Crippen LogP contribution in [0.2, 0.25) is 0 Å². The Morgan fingerprint density at radius 2 is 1.88 bits per heavy atom. The van der Waals surface area contributed by atoms with Crippen molar-refractivity contribution in [2.45, 2.75) is 17.1 Å². The number of sulfonamides is 1. The lowest BCUT2D eigenvalue weighted by atomic mass is 9.97. The molecule has 0 aliphatic carbocycles. The molecule has 2 aromatic carbocycles. The number of nitrogens with one attached hydrogen (secondary N) is 1. The molecule has 0 saturated carbocycles. The molecule has 176 valence electrons. The number of anilines is 1. The quantitative estimate of drug-likeness (QED) is 0.389. The molecule has 1 aliphatic rings. The topological polar surface area (TPSA) is 88.6 Å². The first-order chi connectivity index (χ1) is 16.4. The van der Waals surface area contributed by atoms with Crippen LogP contribution >= 0.6 is 22.7 Å². The van der Waals surface area contributed by atoms with E-state index in [9.17, 15) is 13.2 Å². The monoisotopic (exact) mass is 513 g/mol. The zero-order chi connectivity index (χ0) is 23.7. The number of piperidine rings is 1. The molecule has 2 aromatic heterocycles. The van der Waals surface area contributed by atoms with Crippen LogP contribution in [0.5, 0.6) is 5.75 Å². The Kier molecular flexibility index (Phi) is 6.39. The minimum absolute atomic E-state index is 0.0759. The third-order valence-corrected chi connectivity index (χ3v) is 10.2. The fourth-order valence-electron chi connectivity index (χ4n) is 3.99. The number of carbonyl (C=O) groups is 1. The predicted molar refractivity (Wildman–Crippen MR) is 136 cm³/mol. The zero-order valence-corrected chi connectivity index (χ0v) is 20.9. The number of hydrogen-bond acceptors (Lipinski definition) is 7. The molecule has 10 heteroatoms. The predicted octanol–water partition coefficient (Wildman–Crippen LogP) is 5.07. The van der Waals surface area contributed by atoms with Gasteiger partial charge in [0.25, 0.3) is 10.0 Å². The van der Waals surface area contributed by atoms with Crippen LogP contribution in [0, 0.1) is 5.92 Å². The number of thiazole rings is 1. The third kappa shape index (κ3) is 4.58. The first-order valence-electron chi connectivity index (χ1n) is 10.8. The first-order valence-corrected chi connectivity index (χ1v) is 14.0. The van der Waals surface area contributed by atoms with Gasteiger partial charge in [-0.1, -0.05) is 6.07 Å². The van der Waals surface area contributed by atoms with Gasteiger partial charge in [0, 0.05) is 30.3 Å². The van der Waals surface area contributed by atoms with Gasteiger partial charge in [0.1, 0.15) is 15.0 Å². The van der Waals surface area contributed by atoms with Gasteiger partial charge < -0.3 is 10.1 Å². The average Bonchev–Trinajstić information content (AvgIpc) is 3.55. The normalized spacial score (nSPS) is 15.4. The number of methoxy groups -OCH3 is 1. The average molecular weight is 514 g/mol. The molecule has 1 fully saturated rings. The van der Waals surface area contributed by atoms with Crippen LogP contribution in [-0.2, 0) is 14.8 Å². The van der Waals surface area contributed by atoms with Crippen LogP contribution in [0.3, 0.4) is 0 Å². The lowest BCUT2D eigenvalue weighted by Gasteiger charge is -2.30. The maximum Gasteiger partial charge on any atom is 0.252 e. The van der Waals surface area contributed by atoms with Gasteiger partial charge in [0.05, 0.1) is 17.3 Å². The van der Waals surface area contributed by atoms with Gasteiger partial charge in [-0.2, -0.15) is 4.31 Å². The second-order valence-corrected chi connectivity index (χ2v) is 12.2. The smallest absolute Gasteiger partial charge is 0.252 e. The van der Waals surface area contributed by atoms with Crippen molar-refractivity contribution in [3.8, 4) is 16.3 Å². The molecule has 5 rings (SSSR count). The Bertz CT molecular complexity index is 1410. The number of nitrogens with zero attached hydrogens (tertiary/aromatic N) is 2. The number of aromatic nitrogens is 1. The summed E-state index contributed by atoms with van der Waals surface area (Å²) in [4.78, 5) is 17.5. The van der Waals surface area contributed by atoms with Gasteiger partial charge >= 0.3 is 0 Å². The lowest BCUT2D eigenvalue weighted by Crippen LogP contribution is -2.41. The number of rotatable bonds is 6. The van der Waals surface area contributed by atoms with Crippen LogP contribution in [-0.4, -0.2) is 43.8 Å². The Labute approximate surface area is 206 Å². The molecule has 0 atom stereocenters. The molecule has 34 heavy (non-hydrogen) atoms. The van der Waals surface area contributed by atoms with E-state index < -0.39 is 10.0 Å². The summed E-state index contributed by atoms with van der Waals surface area (Å²) in [6, 6.07) is 16.8. The highest BCUT2D eigenvalue weighted by atomic mass is 32.2. The molecular weight excluding hydrogens is 490 g/mol. The Morgan fingerprint density at radius 3 is 2.56 bits per heavy atom. The molecule has 0 radical (unpaired) electrons. The summed E-state index contributed by atoms with van der Waals surface area (Å²) in [6.07, 6.45) is 1.01. The SMILES string of the molecule is COc1ccc2nc(-c3ccc(NC(=O)C4CCN(S(=O)(=O)c5cccs5)CC4)cc3)sc2c1. The van der Waals surface area contributed by atoms with Crippen molar-refractivity contribution < 1.29 is 17.9 Å². The van der Waals surface area contributed by atoms with Crippen molar-refractivity contribution in [3.63, 3.8) is 0 Å². The van der Waals surface area contributed by atoms with E-state index >= 15 is 0 Å². The number of hydrogen-bond donors (Lipinski definition) is 1. The second kappa shape index (κ2) is 9.46. The largest absolute Gasteiger partial charge is 0.497 e. The van der Waals surface area contributed by atoms with Crippen molar-refractivity contribution in [1.29, 1.82) is 0 Å². The Balaban J connectivity index is 1.20. The van der Waals surface area contributed by atoms with Crippen molar-refractivity contribution in [3.05, 3.63) is 60.0 Å². The highest BCUT2D eigenvalue weighted by molar-refractivity contribution is 7.91. The van der Waals surface area contributed by atoms with Crippen LogP contribution in [0.25, 0.3) is 20.8 Å². The van der Waals surface area contributed by atoms with Gasteiger partial charge in [0.15, 0.2) is 0 Å². The zero-order valence-electron chi connectivity index (χ0n) is 18.4.